The zero-order valence-electron chi connectivity index (χ0n) is 18.2. The summed E-state index contributed by atoms with van der Waals surface area (Å²) in [4.78, 5) is 15.4. The normalized spacial score (nSPS) is 14.2. The summed E-state index contributed by atoms with van der Waals surface area (Å²) in [6.07, 6.45) is 6.29. The van der Waals surface area contributed by atoms with Crippen LogP contribution >= 0.6 is 12.4 Å². The molecular formula is C26H25ClN4O2. The van der Waals surface area contributed by atoms with Gasteiger partial charge in [0.25, 0.3) is 5.56 Å². The van der Waals surface area contributed by atoms with Gasteiger partial charge in [0.05, 0.1) is 18.3 Å². The third-order valence-corrected chi connectivity index (χ3v) is 6.36. The zero-order chi connectivity index (χ0) is 21.5. The number of rotatable bonds is 5. The van der Waals surface area contributed by atoms with Gasteiger partial charge >= 0.3 is 0 Å². The smallest absolute Gasteiger partial charge is 0.255 e. The van der Waals surface area contributed by atoms with E-state index in [1.807, 2.05) is 60.9 Å². The molecule has 33 heavy (non-hydrogen) atoms. The fourth-order valence-electron chi connectivity index (χ4n) is 4.61. The third kappa shape index (κ3) is 4.08. The number of para-hydroxylation sites is 1. The first-order chi connectivity index (χ1) is 15.7. The molecule has 1 fully saturated rings. The summed E-state index contributed by atoms with van der Waals surface area (Å²) in [6.45, 7) is 4.29. The number of hydrogen-bond donors (Lipinski definition) is 0. The van der Waals surface area contributed by atoms with E-state index in [4.69, 9.17) is 4.42 Å². The molecule has 0 amide bonds. The summed E-state index contributed by atoms with van der Waals surface area (Å²) in [5.74, 6) is 0.699. The van der Waals surface area contributed by atoms with Crippen molar-refractivity contribution in [2.24, 2.45) is 0 Å². The van der Waals surface area contributed by atoms with Gasteiger partial charge in [-0.3, -0.25) is 14.0 Å². The highest BCUT2D eigenvalue weighted by atomic mass is 35.5. The number of pyridine rings is 1. The van der Waals surface area contributed by atoms with Crippen LogP contribution in [0.25, 0.3) is 38.9 Å². The lowest BCUT2D eigenvalue weighted by atomic mass is 10.2. The van der Waals surface area contributed by atoms with Gasteiger partial charge in [-0.15, -0.1) is 12.4 Å². The van der Waals surface area contributed by atoms with Gasteiger partial charge in [-0.25, -0.2) is 0 Å². The molecule has 0 N–H and O–H groups in total. The van der Waals surface area contributed by atoms with Crippen molar-refractivity contribution in [3.63, 3.8) is 0 Å². The average Bonchev–Trinajstić information content (AvgIpc) is 3.56. The van der Waals surface area contributed by atoms with Crippen molar-refractivity contribution >= 4 is 34.3 Å². The Bertz CT molecular complexity index is 1440. The van der Waals surface area contributed by atoms with Crippen molar-refractivity contribution < 1.29 is 4.42 Å². The Morgan fingerprint density at radius 2 is 1.76 bits per heavy atom. The molecule has 1 saturated heterocycles. The summed E-state index contributed by atoms with van der Waals surface area (Å²) in [7, 11) is 0. The predicted molar refractivity (Wildman–Crippen MR) is 133 cm³/mol. The van der Waals surface area contributed by atoms with Gasteiger partial charge in [-0.1, -0.05) is 18.2 Å². The van der Waals surface area contributed by atoms with Crippen LogP contribution in [0, 0.1) is 0 Å². The van der Waals surface area contributed by atoms with Gasteiger partial charge in [-0.05, 0) is 62.3 Å². The number of aromatic nitrogens is 3. The molecular weight excluding hydrogens is 436 g/mol. The molecule has 0 aliphatic carbocycles. The van der Waals surface area contributed by atoms with Crippen molar-refractivity contribution in [1.29, 1.82) is 0 Å². The molecule has 168 valence electrons. The van der Waals surface area contributed by atoms with Gasteiger partial charge < -0.3 is 9.32 Å². The summed E-state index contributed by atoms with van der Waals surface area (Å²) < 4.78 is 9.63. The molecule has 0 atom stereocenters. The molecule has 2 aromatic carbocycles. The molecule has 0 radical (unpaired) electrons. The standard InChI is InChI=1S/C26H24N4O2.ClH/c31-26-17-20(25-16-19-5-1-2-6-24(19)32-25)9-12-29(26)22-7-8-23-21(15-22)18-27-30(23)14-13-28-10-3-4-11-28;/h1-2,5-9,12,15-18H,3-4,10-11,13-14H2;1H. The van der Waals surface area contributed by atoms with Crippen molar-refractivity contribution in [2.75, 3.05) is 19.6 Å². The maximum absolute atomic E-state index is 12.9. The van der Waals surface area contributed by atoms with E-state index >= 15 is 0 Å². The number of hydrogen-bond acceptors (Lipinski definition) is 4. The molecule has 0 unspecified atom stereocenters. The van der Waals surface area contributed by atoms with E-state index in [9.17, 15) is 4.79 Å². The molecule has 0 saturated carbocycles. The summed E-state index contributed by atoms with van der Waals surface area (Å²) in [5, 5.41) is 6.64. The number of furan rings is 1. The van der Waals surface area contributed by atoms with Gasteiger partial charge in [0.15, 0.2) is 0 Å². The summed E-state index contributed by atoms with van der Waals surface area (Å²) in [6, 6.07) is 19.4. The Morgan fingerprint density at radius 1 is 0.909 bits per heavy atom. The van der Waals surface area contributed by atoms with Gasteiger partial charge in [0, 0.05) is 40.8 Å². The van der Waals surface area contributed by atoms with Crippen molar-refractivity contribution in [1.82, 2.24) is 19.2 Å². The van der Waals surface area contributed by atoms with Gasteiger partial charge in [0.2, 0.25) is 0 Å². The first-order valence-corrected chi connectivity index (χ1v) is 11.1. The molecule has 3 aromatic heterocycles. The fourth-order valence-corrected chi connectivity index (χ4v) is 4.61. The van der Waals surface area contributed by atoms with E-state index in [2.05, 4.69) is 20.7 Å². The number of halogens is 1. The second-order valence-corrected chi connectivity index (χ2v) is 8.43. The third-order valence-electron chi connectivity index (χ3n) is 6.36. The SMILES string of the molecule is Cl.O=c1cc(-c2cc3ccccc3o2)ccn1-c1ccc2c(cnn2CCN2CCCC2)c1. The minimum absolute atomic E-state index is 0. The maximum Gasteiger partial charge on any atom is 0.255 e. The van der Waals surface area contributed by atoms with Crippen LogP contribution in [0.1, 0.15) is 12.8 Å². The molecule has 0 spiro atoms. The second kappa shape index (κ2) is 8.89. The van der Waals surface area contributed by atoms with Crippen molar-refractivity contribution in [2.45, 2.75) is 19.4 Å². The van der Waals surface area contributed by atoms with E-state index in [0.717, 1.165) is 46.2 Å². The molecule has 5 aromatic rings. The highest BCUT2D eigenvalue weighted by Crippen LogP contribution is 2.27. The minimum atomic E-state index is -0.0938. The first kappa shape index (κ1) is 21.5. The lowest BCUT2D eigenvalue weighted by Gasteiger charge is -2.14. The number of likely N-dealkylation sites (tertiary alicyclic amines) is 1. The van der Waals surface area contributed by atoms with E-state index in [1.54, 1.807) is 10.6 Å². The molecule has 0 bridgehead atoms. The molecule has 6 rings (SSSR count). The maximum atomic E-state index is 12.9. The van der Waals surface area contributed by atoms with E-state index in [1.165, 1.54) is 25.9 Å². The number of fused-ring (bicyclic) bond motifs is 2. The Balaban J connectivity index is 0.00000228. The second-order valence-electron chi connectivity index (χ2n) is 8.43. The van der Waals surface area contributed by atoms with Gasteiger partial charge in [-0.2, -0.15) is 5.10 Å². The van der Waals surface area contributed by atoms with Crippen LogP contribution in [-0.4, -0.2) is 38.9 Å². The highest BCUT2D eigenvalue weighted by molar-refractivity contribution is 5.85. The minimum Gasteiger partial charge on any atom is -0.456 e. The van der Waals surface area contributed by atoms with Crippen LogP contribution < -0.4 is 5.56 Å². The lowest BCUT2D eigenvalue weighted by Crippen LogP contribution is -2.24. The zero-order valence-corrected chi connectivity index (χ0v) is 19.0. The Hall–Kier alpha value is -3.35. The first-order valence-electron chi connectivity index (χ1n) is 11.1. The van der Waals surface area contributed by atoms with Crippen LogP contribution in [0.15, 0.2) is 82.3 Å². The van der Waals surface area contributed by atoms with Crippen LogP contribution in [-0.2, 0) is 6.54 Å². The van der Waals surface area contributed by atoms with Crippen molar-refractivity contribution in [3.8, 4) is 17.0 Å². The molecule has 1 aliphatic heterocycles. The fraction of sp³-hybridized carbons (Fsp3) is 0.231. The predicted octanol–water partition coefficient (Wildman–Crippen LogP) is 5.12. The monoisotopic (exact) mass is 460 g/mol. The average molecular weight is 461 g/mol. The van der Waals surface area contributed by atoms with E-state index in [0.29, 0.717) is 5.76 Å². The number of nitrogens with zero attached hydrogens (tertiary/aromatic N) is 4. The highest BCUT2D eigenvalue weighted by Gasteiger charge is 2.13. The molecule has 1 aliphatic rings. The van der Waals surface area contributed by atoms with E-state index < -0.39 is 0 Å². The number of benzene rings is 2. The molecule has 7 heteroatoms. The van der Waals surface area contributed by atoms with Gasteiger partial charge in [0.1, 0.15) is 11.3 Å². The van der Waals surface area contributed by atoms with E-state index in [-0.39, 0.29) is 18.0 Å². The Kier molecular flexibility index (Phi) is 5.79. The summed E-state index contributed by atoms with van der Waals surface area (Å²) >= 11 is 0. The van der Waals surface area contributed by atoms with Crippen molar-refractivity contribution in [3.05, 3.63) is 83.4 Å². The quantitative estimate of drug-likeness (QED) is 0.365. The van der Waals surface area contributed by atoms with Crippen LogP contribution in [0.3, 0.4) is 0 Å². The Labute approximate surface area is 197 Å². The molecule has 4 heterocycles. The summed E-state index contributed by atoms with van der Waals surface area (Å²) in [5.41, 5.74) is 3.43. The largest absolute Gasteiger partial charge is 0.456 e. The van der Waals surface area contributed by atoms with Crippen LogP contribution in [0.2, 0.25) is 0 Å². The lowest BCUT2D eigenvalue weighted by molar-refractivity contribution is 0.318. The van der Waals surface area contributed by atoms with Crippen LogP contribution in [0.5, 0.6) is 0 Å². The Morgan fingerprint density at radius 3 is 2.58 bits per heavy atom. The molecule has 6 nitrogen and oxygen atoms in total. The topological polar surface area (TPSA) is 56.2 Å². The van der Waals surface area contributed by atoms with Crippen LogP contribution in [0.4, 0.5) is 0 Å².